The smallest absolute Gasteiger partial charge is 0.226 e. The first kappa shape index (κ1) is 12.0. The Labute approximate surface area is 102 Å². The van der Waals surface area contributed by atoms with Crippen LogP contribution in [0.2, 0.25) is 0 Å². The van der Waals surface area contributed by atoms with Crippen LogP contribution in [0.4, 0.5) is 0 Å². The minimum Gasteiger partial charge on any atom is -0.497 e. The summed E-state index contributed by atoms with van der Waals surface area (Å²) in [5.74, 6) is 1.77. The predicted octanol–water partition coefficient (Wildman–Crippen LogP) is 2.11. The molecule has 3 nitrogen and oxygen atoms in total. The maximum Gasteiger partial charge on any atom is 0.226 e. The Kier molecular flexibility index (Phi) is 3.67. The first-order valence-corrected chi connectivity index (χ1v) is 6.06. The van der Waals surface area contributed by atoms with E-state index in [-0.39, 0.29) is 5.91 Å². The highest BCUT2D eigenvalue weighted by molar-refractivity contribution is 5.78. The molecule has 3 heteroatoms. The number of amides is 1. The summed E-state index contributed by atoms with van der Waals surface area (Å²) < 4.78 is 5.09. The van der Waals surface area contributed by atoms with Crippen molar-refractivity contribution in [1.29, 1.82) is 0 Å². The van der Waals surface area contributed by atoms with E-state index in [0.717, 1.165) is 23.8 Å². The van der Waals surface area contributed by atoms with Crippen LogP contribution in [0.15, 0.2) is 24.3 Å². The molecule has 0 atom stereocenters. The molecule has 0 aliphatic heterocycles. The maximum absolute atomic E-state index is 11.9. The van der Waals surface area contributed by atoms with Crippen LogP contribution < -0.4 is 4.74 Å². The normalized spacial score (nSPS) is 14.5. The van der Waals surface area contributed by atoms with Gasteiger partial charge in [0.05, 0.1) is 13.5 Å². The molecule has 17 heavy (non-hydrogen) atoms. The number of carbonyl (C=O) groups excluding carboxylic acids is 1. The van der Waals surface area contributed by atoms with E-state index >= 15 is 0 Å². The molecule has 0 spiro atoms. The van der Waals surface area contributed by atoms with Crippen molar-refractivity contribution in [2.45, 2.75) is 19.3 Å². The van der Waals surface area contributed by atoms with Gasteiger partial charge >= 0.3 is 0 Å². The number of hydrogen-bond acceptors (Lipinski definition) is 2. The molecule has 0 N–H and O–H groups in total. The van der Waals surface area contributed by atoms with Crippen LogP contribution in [0.5, 0.6) is 5.75 Å². The molecule has 1 fully saturated rings. The Balaban J connectivity index is 1.87. The molecule has 1 aromatic rings. The standard InChI is InChI=1S/C14H19NO2/c1-15(10-12-3-4-12)14(16)9-11-5-7-13(17-2)8-6-11/h5-8,12H,3-4,9-10H2,1-2H3. The summed E-state index contributed by atoms with van der Waals surface area (Å²) in [6, 6.07) is 7.68. The number of likely N-dealkylation sites (N-methyl/N-ethyl adjacent to an activating group) is 1. The molecular formula is C14H19NO2. The summed E-state index contributed by atoms with van der Waals surface area (Å²) >= 11 is 0. The minimum atomic E-state index is 0.196. The number of nitrogens with zero attached hydrogens (tertiary/aromatic N) is 1. The number of hydrogen-bond donors (Lipinski definition) is 0. The lowest BCUT2D eigenvalue weighted by Crippen LogP contribution is -2.30. The van der Waals surface area contributed by atoms with Crippen molar-refractivity contribution in [3.05, 3.63) is 29.8 Å². The van der Waals surface area contributed by atoms with Crippen LogP contribution >= 0.6 is 0 Å². The molecule has 0 aromatic heterocycles. The van der Waals surface area contributed by atoms with Crippen molar-refractivity contribution < 1.29 is 9.53 Å². The number of benzene rings is 1. The fourth-order valence-electron chi connectivity index (χ4n) is 1.84. The highest BCUT2D eigenvalue weighted by atomic mass is 16.5. The third kappa shape index (κ3) is 3.48. The van der Waals surface area contributed by atoms with Gasteiger partial charge in [0.25, 0.3) is 0 Å². The van der Waals surface area contributed by atoms with Gasteiger partial charge in [0.15, 0.2) is 0 Å². The highest BCUT2D eigenvalue weighted by Gasteiger charge is 2.24. The van der Waals surface area contributed by atoms with Crippen molar-refractivity contribution in [2.24, 2.45) is 5.92 Å². The third-order valence-corrected chi connectivity index (χ3v) is 3.17. The van der Waals surface area contributed by atoms with E-state index in [2.05, 4.69) is 0 Å². The Morgan fingerprint density at radius 2 is 2.00 bits per heavy atom. The zero-order chi connectivity index (χ0) is 12.3. The molecule has 1 aliphatic rings. The summed E-state index contributed by atoms with van der Waals surface area (Å²) in [5, 5.41) is 0. The quantitative estimate of drug-likeness (QED) is 0.779. The second-order valence-corrected chi connectivity index (χ2v) is 4.74. The number of ether oxygens (including phenoxy) is 1. The van der Waals surface area contributed by atoms with Crippen molar-refractivity contribution >= 4 is 5.91 Å². The Bertz CT molecular complexity index is 382. The lowest BCUT2D eigenvalue weighted by Gasteiger charge is -2.16. The van der Waals surface area contributed by atoms with Gasteiger partial charge in [-0.1, -0.05) is 12.1 Å². The number of carbonyl (C=O) groups is 1. The highest BCUT2D eigenvalue weighted by Crippen LogP contribution is 2.29. The summed E-state index contributed by atoms with van der Waals surface area (Å²) in [6.45, 7) is 0.912. The second kappa shape index (κ2) is 5.21. The van der Waals surface area contributed by atoms with Crippen molar-refractivity contribution in [3.8, 4) is 5.75 Å². The molecule has 1 amide bonds. The zero-order valence-electron chi connectivity index (χ0n) is 10.5. The zero-order valence-corrected chi connectivity index (χ0v) is 10.5. The molecule has 0 radical (unpaired) electrons. The van der Waals surface area contributed by atoms with Crippen LogP contribution in [-0.2, 0) is 11.2 Å². The van der Waals surface area contributed by atoms with Gasteiger partial charge in [-0.2, -0.15) is 0 Å². The van der Waals surface area contributed by atoms with Crippen LogP contribution in [0.1, 0.15) is 18.4 Å². The summed E-state index contributed by atoms with van der Waals surface area (Å²) in [6.07, 6.45) is 3.04. The number of methoxy groups -OCH3 is 1. The van der Waals surface area contributed by atoms with E-state index in [9.17, 15) is 4.79 Å². The van der Waals surface area contributed by atoms with E-state index < -0.39 is 0 Å². The van der Waals surface area contributed by atoms with Gasteiger partial charge < -0.3 is 9.64 Å². The Morgan fingerprint density at radius 1 is 1.35 bits per heavy atom. The number of rotatable bonds is 5. The minimum absolute atomic E-state index is 0.196. The van der Waals surface area contributed by atoms with Crippen LogP contribution in [0.25, 0.3) is 0 Å². The van der Waals surface area contributed by atoms with Gasteiger partial charge in [0.2, 0.25) is 5.91 Å². The molecule has 0 unspecified atom stereocenters. The molecular weight excluding hydrogens is 214 g/mol. The molecule has 0 heterocycles. The lowest BCUT2D eigenvalue weighted by atomic mass is 10.1. The van der Waals surface area contributed by atoms with Gasteiger partial charge in [-0.15, -0.1) is 0 Å². The first-order valence-electron chi connectivity index (χ1n) is 6.06. The van der Waals surface area contributed by atoms with E-state index in [1.54, 1.807) is 7.11 Å². The summed E-state index contributed by atoms with van der Waals surface area (Å²) in [7, 11) is 3.54. The summed E-state index contributed by atoms with van der Waals surface area (Å²) in [5.41, 5.74) is 1.04. The van der Waals surface area contributed by atoms with E-state index in [1.807, 2.05) is 36.2 Å². The monoisotopic (exact) mass is 233 g/mol. The fraction of sp³-hybridized carbons (Fsp3) is 0.500. The van der Waals surface area contributed by atoms with Gasteiger partial charge in [-0.05, 0) is 36.5 Å². The molecule has 1 aromatic carbocycles. The predicted molar refractivity (Wildman–Crippen MR) is 67.1 cm³/mol. The van der Waals surface area contributed by atoms with E-state index in [0.29, 0.717) is 6.42 Å². The fourth-order valence-corrected chi connectivity index (χ4v) is 1.84. The SMILES string of the molecule is COc1ccc(CC(=O)N(C)CC2CC2)cc1. The van der Waals surface area contributed by atoms with Crippen LogP contribution in [0.3, 0.4) is 0 Å². The Hall–Kier alpha value is -1.51. The van der Waals surface area contributed by atoms with Crippen LogP contribution in [0, 0.1) is 5.92 Å². The topological polar surface area (TPSA) is 29.5 Å². The molecule has 0 bridgehead atoms. The van der Waals surface area contributed by atoms with Crippen molar-refractivity contribution in [1.82, 2.24) is 4.90 Å². The van der Waals surface area contributed by atoms with E-state index in [1.165, 1.54) is 12.8 Å². The van der Waals surface area contributed by atoms with Gasteiger partial charge in [-0.25, -0.2) is 0 Å². The Morgan fingerprint density at radius 3 is 2.53 bits per heavy atom. The van der Waals surface area contributed by atoms with Crippen LogP contribution in [-0.4, -0.2) is 31.5 Å². The average Bonchev–Trinajstić information content (AvgIpc) is 3.14. The largest absolute Gasteiger partial charge is 0.497 e. The molecule has 2 rings (SSSR count). The van der Waals surface area contributed by atoms with Crippen molar-refractivity contribution in [2.75, 3.05) is 20.7 Å². The van der Waals surface area contributed by atoms with E-state index in [4.69, 9.17) is 4.74 Å². The average molecular weight is 233 g/mol. The molecule has 0 saturated heterocycles. The molecule has 1 aliphatic carbocycles. The third-order valence-electron chi connectivity index (χ3n) is 3.17. The maximum atomic E-state index is 11.9. The van der Waals surface area contributed by atoms with Gasteiger partial charge in [-0.3, -0.25) is 4.79 Å². The second-order valence-electron chi connectivity index (χ2n) is 4.74. The molecule has 1 saturated carbocycles. The molecule has 92 valence electrons. The van der Waals surface area contributed by atoms with Gasteiger partial charge in [0.1, 0.15) is 5.75 Å². The van der Waals surface area contributed by atoms with Crippen molar-refractivity contribution in [3.63, 3.8) is 0 Å². The van der Waals surface area contributed by atoms with Gasteiger partial charge in [0, 0.05) is 13.6 Å². The lowest BCUT2D eigenvalue weighted by molar-refractivity contribution is -0.129. The first-order chi connectivity index (χ1) is 8.19. The summed E-state index contributed by atoms with van der Waals surface area (Å²) in [4.78, 5) is 13.8.